The molecule has 0 saturated carbocycles. The van der Waals surface area contributed by atoms with E-state index in [1.165, 1.54) is 23.5 Å². The van der Waals surface area contributed by atoms with E-state index in [1.54, 1.807) is 12.1 Å². The summed E-state index contributed by atoms with van der Waals surface area (Å²) >= 11 is 1.26. The van der Waals surface area contributed by atoms with E-state index in [-0.39, 0.29) is 11.7 Å². The Labute approximate surface area is 130 Å². The Morgan fingerprint density at radius 3 is 3.09 bits per heavy atom. The number of hydrogen-bond acceptors (Lipinski definition) is 4. The molecule has 0 fully saturated rings. The van der Waals surface area contributed by atoms with E-state index in [9.17, 15) is 9.18 Å². The highest BCUT2D eigenvalue weighted by atomic mass is 32.1. The largest absolute Gasteiger partial charge is 0.384 e. The summed E-state index contributed by atoms with van der Waals surface area (Å²) in [4.78, 5) is 16.6. The van der Waals surface area contributed by atoms with Crippen LogP contribution in [0.15, 0.2) is 36.4 Å². The summed E-state index contributed by atoms with van der Waals surface area (Å²) < 4.78 is 13.9. The van der Waals surface area contributed by atoms with Crippen LogP contribution < -0.4 is 10.6 Å². The van der Waals surface area contributed by atoms with Gasteiger partial charge in [-0.05, 0) is 48.4 Å². The van der Waals surface area contributed by atoms with Crippen LogP contribution >= 0.6 is 11.3 Å². The number of amides is 1. The maximum atomic E-state index is 13.2. The molecule has 1 aliphatic rings. The van der Waals surface area contributed by atoms with E-state index < -0.39 is 0 Å². The Morgan fingerprint density at radius 2 is 2.18 bits per heavy atom. The molecule has 1 aliphatic heterocycles. The number of aromatic nitrogens is 1. The molecule has 2 aromatic carbocycles. The van der Waals surface area contributed by atoms with Gasteiger partial charge in [-0.1, -0.05) is 11.3 Å². The van der Waals surface area contributed by atoms with Gasteiger partial charge in [-0.15, -0.1) is 0 Å². The number of thiazole rings is 1. The Morgan fingerprint density at radius 1 is 1.27 bits per heavy atom. The summed E-state index contributed by atoms with van der Waals surface area (Å²) in [6, 6.07) is 10.0. The summed E-state index contributed by atoms with van der Waals surface area (Å²) in [6.07, 6.45) is 0.927. The van der Waals surface area contributed by atoms with E-state index >= 15 is 0 Å². The molecule has 0 spiro atoms. The average Bonchev–Trinajstić information content (AvgIpc) is 3.11. The van der Waals surface area contributed by atoms with Crippen molar-refractivity contribution in [3.63, 3.8) is 0 Å². The zero-order valence-electron chi connectivity index (χ0n) is 11.5. The van der Waals surface area contributed by atoms with Gasteiger partial charge < -0.3 is 5.32 Å². The molecule has 2 N–H and O–H groups in total. The van der Waals surface area contributed by atoms with Gasteiger partial charge in [0.15, 0.2) is 5.13 Å². The monoisotopic (exact) mass is 312 g/mol. The Balaban J connectivity index is 1.60. The lowest BCUT2D eigenvalue weighted by Crippen LogP contribution is -2.11. The van der Waals surface area contributed by atoms with E-state index in [1.807, 2.05) is 12.1 Å². The number of nitrogens with zero attached hydrogens (tertiary/aromatic N) is 1. The molecular formula is C16H12FN3OS. The first-order valence-corrected chi connectivity index (χ1v) is 7.75. The van der Waals surface area contributed by atoms with Crippen molar-refractivity contribution in [2.75, 3.05) is 17.2 Å². The molecule has 1 aromatic heterocycles. The van der Waals surface area contributed by atoms with Gasteiger partial charge in [0.1, 0.15) is 5.82 Å². The van der Waals surface area contributed by atoms with Gasteiger partial charge in [0.2, 0.25) is 0 Å². The van der Waals surface area contributed by atoms with Crippen LogP contribution in [0.4, 0.5) is 15.2 Å². The molecule has 2 heterocycles. The molecule has 0 radical (unpaired) electrons. The van der Waals surface area contributed by atoms with Gasteiger partial charge in [0, 0.05) is 17.8 Å². The molecule has 4 nitrogen and oxygen atoms in total. The SMILES string of the molecule is O=C(Nc1nc2ccc([18F])cc2s1)c1ccc2c(c1)CCN2. The molecule has 1 amide bonds. The average molecular weight is 312 g/mol. The number of carbonyl (C=O) groups excluding carboxylic acids is 1. The van der Waals surface area contributed by atoms with Gasteiger partial charge in [-0.3, -0.25) is 10.1 Å². The number of hydrogen-bond donors (Lipinski definition) is 2. The molecule has 0 bridgehead atoms. The summed E-state index contributed by atoms with van der Waals surface area (Å²) in [7, 11) is 0. The minimum absolute atomic E-state index is 0.200. The smallest absolute Gasteiger partial charge is 0.257 e. The van der Waals surface area contributed by atoms with Crippen LogP contribution in [0.5, 0.6) is 0 Å². The Kier molecular flexibility index (Phi) is 3.04. The first kappa shape index (κ1) is 13.2. The third kappa shape index (κ3) is 2.31. The first-order chi connectivity index (χ1) is 10.7. The maximum absolute atomic E-state index is 13.2. The van der Waals surface area contributed by atoms with E-state index in [2.05, 4.69) is 15.6 Å². The topological polar surface area (TPSA) is 54.0 Å². The minimum atomic E-state index is -0.305. The molecule has 110 valence electrons. The molecular weight excluding hydrogens is 300 g/mol. The summed E-state index contributed by atoms with van der Waals surface area (Å²) in [6.45, 7) is 0.907. The number of fused-ring (bicyclic) bond motifs is 2. The molecule has 0 aliphatic carbocycles. The molecule has 22 heavy (non-hydrogen) atoms. The summed E-state index contributed by atoms with van der Waals surface area (Å²) in [5.41, 5.74) is 3.53. The molecule has 3 aromatic rings. The van der Waals surface area contributed by atoms with Gasteiger partial charge in [-0.2, -0.15) is 0 Å². The van der Waals surface area contributed by atoms with Crippen molar-refractivity contribution in [2.45, 2.75) is 6.42 Å². The number of benzene rings is 2. The lowest BCUT2D eigenvalue weighted by atomic mass is 10.1. The predicted molar refractivity (Wildman–Crippen MR) is 86.2 cm³/mol. The molecule has 0 atom stereocenters. The fourth-order valence-corrected chi connectivity index (χ4v) is 3.45. The van der Waals surface area contributed by atoms with Crippen LogP contribution in [0.25, 0.3) is 10.2 Å². The first-order valence-electron chi connectivity index (χ1n) is 6.93. The van der Waals surface area contributed by atoms with Crippen molar-refractivity contribution in [1.29, 1.82) is 0 Å². The maximum Gasteiger partial charge on any atom is 0.257 e. The summed E-state index contributed by atoms with van der Waals surface area (Å²) in [5.74, 6) is -0.505. The minimum Gasteiger partial charge on any atom is -0.384 e. The fraction of sp³-hybridized carbons (Fsp3) is 0.125. The number of rotatable bonds is 2. The number of carbonyl (C=O) groups is 1. The van der Waals surface area contributed by atoms with Crippen molar-refractivity contribution >= 4 is 38.3 Å². The van der Waals surface area contributed by atoms with Gasteiger partial charge >= 0.3 is 0 Å². The fourth-order valence-electron chi connectivity index (χ4n) is 2.57. The molecule has 0 saturated heterocycles. The third-order valence-corrected chi connectivity index (χ3v) is 4.58. The van der Waals surface area contributed by atoms with Crippen LogP contribution in [-0.2, 0) is 6.42 Å². The zero-order chi connectivity index (χ0) is 15.1. The standard InChI is InChI=1S/C16H12FN3OS/c17-11-2-4-13-14(8-11)22-16(19-13)20-15(21)10-1-3-12-9(7-10)5-6-18-12/h1-4,7-8,18H,5-6H2,(H,19,20,21)/i17-1. The van der Waals surface area contributed by atoms with Gasteiger partial charge in [0.25, 0.3) is 5.91 Å². The number of halogens is 1. The lowest BCUT2D eigenvalue weighted by Gasteiger charge is -2.04. The van der Waals surface area contributed by atoms with Crippen LogP contribution in [-0.4, -0.2) is 17.4 Å². The molecule has 6 heteroatoms. The van der Waals surface area contributed by atoms with Crippen LogP contribution in [0.2, 0.25) is 0 Å². The zero-order valence-corrected chi connectivity index (χ0v) is 12.3. The van der Waals surface area contributed by atoms with E-state index in [0.717, 1.165) is 24.2 Å². The highest BCUT2D eigenvalue weighted by Crippen LogP contribution is 2.27. The van der Waals surface area contributed by atoms with Crippen molar-refractivity contribution in [2.24, 2.45) is 0 Å². The quantitative estimate of drug-likeness (QED) is 0.759. The highest BCUT2D eigenvalue weighted by Gasteiger charge is 2.15. The highest BCUT2D eigenvalue weighted by molar-refractivity contribution is 7.22. The second kappa shape index (κ2) is 5.06. The van der Waals surface area contributed by atoms with Crippen LogP contribution in [0.3, 0.4) is 0 Å². The predicted octanol–water partition coefficient (Wildman–Crippen LogP) is 3.66. The Hall–Kier alpha value is -2.47. The van der Waals surface area contributed by atoms with Crippen molar-refractivity contribution in [3.05, 3.63) is 53.3 Å². The molecule has 4 rings (SSSR count). The van der Waals surface area contributed by atoms with Crippen molar-refractivity contribution in [1.82, 2.24) is 4.98 Å². The van der Waals surface area contributed by atoms with E-state index in [4.69, 9.17) is 0 Å². The van der Waals surface area contributed by atoms with Crippen molar-refractivity contribution < 1.29 is 9.18 Å². The van der Waals surface area contributed by atoms with Gasteiger partial charge in [-0.25, -0.2) is 9.37 Å². The number of anilines is 2. The second-order valence-corrected chi connectivity index (χ2v) is 6.16. The van der Waals surface area contributed by atoms with E-state index in [0.29, 0.717) is 20.9 Å². The lowest BCUT2D eigenvalue weighted by molar-refractivity contribution is 0.102. The number of nitrogens with one attached hydrogen (secondary N) is 2. The van der Waals surface area contributed by atoms with Crippen LogP contribution in [0.1, 0.15) is 15.9 Å². The third-order valence-electron chi connectivity index (χ3n) is 3.65. The second-order valence-electron chi connectivity index (χ2n) is 5.13. The van der Waals surface area contributed by atoms with Crippen molar-refractivity contribution in [3.8, 4) is 0 Å². The molecule has 0 unspecified atom stereocenters. The summed E-state index contributed by atoms with van der Waals surface area (Å²) in [5, 5.41) is 6.52. The Bertz CT molecular complexity index is 890. The van der Waals surface area contributed by atoms with Crippen LogP contribution in [0, 0.1) is 5.82 Å². The van der Waals surface area contributed by atoms with Gasteiger partial charge in [0.05, 0.1) is 10.2 Å². The normalized spacial score (nSPS) is 13.0.